The molecule has 0 saturated heterocycles. The molecule has 0 N–H and O–H groups in total. The second-order valence-electron chi connectivity index (χ2n) is 3.72. The van der Waals surface area contributed by atoms with Crippen molar-refractivity contribution in [2.45, 2.75) is 20.1 Å². The molecule has 0 bridgehead atoms. The van der Waals surface area contributed by atoms with Gasteiger partial charge < -0.3 is 9.30 Å². The van der Waals surface area contributed by atoms with Gasteiger partial charge in [0.1, 0.15) is 6.23 Å². The van der Waals surface area contributed by atoms with E-state index in [-0.39, 0.29) is 6.23 Å². The third kappa shape index (κ3) is 2.17. The molecule has 0 radical (unpaired) electrons. The molecule has 84 valence electrons. The zero-order valence-corrected chi connectivity index (χ0v) is 9.76. The van der Waals surface area contributed by atoms with Crippen LogP contribution in [0.4, 0.5) is 0 Å². The van der Waals surface area contributed by atoms with Crippen LogP contribution >= 0.6 is 0 Å². The van der Waals surface area contributed by atoms with Gasteiger partial charge in [-0.05, 0) is 31.5 Å². The van der Waals surface area contributed by atoms with Crippen LogP contribution in [0.25, 0.3) is 11.3 Å². The molecule has 0 aliphatic rings. The van der Waals surface area contributed by atoms with Gasteiger partial charge in [-0.15, -0.1) is 0 Å². The van der Waals surface area contributed by atoms with Crippen LogP contribution in [0, 0.1) is 0 Å². The first kappa shape index (κ1) is 11.0. The minimum absolute atomic E-state index is 0.0789. The van der Waals surface area contributed by atoms with E-state index in [9.17, 15) is 0 Å². The van der Waals surface area contributed by atoms with Gasteiger partial charge >= 0.3 is 0 Å². The summed E-state index contributed by atoms with van der Waals surface area (Å²) in [7, 11) is 0. The summed E-state index contributed by atoms with van der Waals surface area (Å²) in [5, 5.41) is 0. The first-order valence-corrected chi connectivity index (χ1v) is 5.66. The van der Waals surface area contributed by atoms with E-state index in [0.29, 0.717) is 0 Å². The number of hydrogen-bond acceptors (Lipinski definition) is 1. The number of hydrogen-bond donors (Lipinski definition) is 0. The fourth-order valence-corrected chi connectivity index (χ4v) is 1.89. The van der Waals surface area contributed by atoms with Crippen LogP contribution in [0.1, 0.15) is 20.1 Å². The van der Waals surface area contributed by atoms with Gasteiger partial charge in [0.2, 0.25) is 0 Å². The Balaban J connectivity index is 2.33. The van der Waals surface area contributed by atoms with E-state index in [1.54, 1.807) is 0 Å². The average molecular weight is 215 g/mol. The summed E-state index contributed by atoms with van der Waals surface area (Å²) in [6.45, 7) is 4.81. The lowest BCUT2D eigenvalue weighted by Crippen LogP contribution is -2.09. The van der Waals surface area contributed by atoms with Crippen LogP contribution in [0.15, 0.2) is 48.7 Å². The van der Waals surface area contributed by atoms with Crippen molar-refractivity contribution in [3.8, 4) is 11.3 Å². The zero-order valence-electron chi connectivity index (χ0n) is 9.76. The van der Waals surface area contributed by atoms with Crippen molar-refractivity contribution in [3.05, 3.63) is 48.7 Å². The summed E-state index contributed by atoms with van der Waals surface area (Å²) in [5.74, 6) is 0. The van der Waals surface area contributed by atoms with Crippen molar-refractivity contribution in [1.82, 2.24) is 4.57 Å². The molecule has 0 amide bonds. The minimum atomic E-state index is 0.0789. The van der Waals surface area contributed by atoms with Crippen LogP contribution < -0.4 is 0 Å². The Morgan fingerprint density at radius 1 is 1.12 bits per heavy atom. The van der Waals surface area contributed by atoms with Gasteiger partial charge in [0, 0.05) is 12.8 Å². The second kappa shape index (κ2) is 4.99. The monoisotopic (exact) mass is 215 g/mol. The van der Waals surface area contributed by atoms with Crippen molar-refractivity contribution in [2.24, 2.45) is 0 Å². The highest BCUT2D eigenvalue weighted by Gasteiger charge is 2.08. The second-order valence-corrected chi connectivity index (χ2v) is 3.72. The normalized spacial score (nSPS) is 12.6. The summed E-state index contributed by atoms with van der Waals surface area (Å²) in [4.78, 5) is 0. The number of benzene rings is 1. The fraction of sp³-hybridized carbons (Fsp3) is 0.286. The molecule has 2 heteroatoms. The van der Waals surface area contributed by atoms with Gasteiger partial charge in [-0.25, -0.2) is 0 Å². The van der Waals surface area contributed by atoms with Gasteiger partial charge in [-0.1, -0.05) is 30.3 Å². The van der Waals surface area contributed by atoms with Crippen LogP contribution in [0.5, 0.6) is 0 Å². The van der Waals surface area contributed by atoms with Gasteiger partial charge in [0.05, 0.1) is 5.69 Å². The molecule has 2 nitrogen and oxygen atoms in total. The zero-order chi connectivity index (χ0) is 11.4. The Kier molecular flexibility index (Phi) is 3.42. The molecular formula is C14H17NO. The lowest BCUT2D eigenvalue weighted by atomic mass is 10.1. The topological polar surface area (TPSA) is 14.2 Å². The predicted octanol–water partition coefficient (Wildman–Crippen LogP) is 3.71. The standard InChI is InChI=1S/C14H17NO/c1-3-16-12(2)15-11-7-10-14(15)13-8-5-4-6-9-13/h4-12H,3H2,1-2H3/t12-/m0/s1. The molecule has 0 spiro atoms. The lowest BCUT2D eigenvalue weighted by Gasteiger charge is -2.17. The van der Waals surface area contributed by atoms with E-state index >= 15 is 0 Å². The Morgan fingerprint density at radius 3 is 2.56 bits per heavy atom. The van der Waals surface area contributed by atoms with Crippen molar-refractivity contribution < 1.29 is 4.74 Å². The Hall–Kier alpha value is -1.54. The quantitative estimate of drug-likeness (QED) is 0.758. The van der Waals surface area contributed by atoms with Gasteiger partial charge in [-0.2, -0.15) is 0 Å². The van der Waals surface area contributed by atoms with Crippen LogP contribution in [0.3, 0.4) is 0 Å². The largest absolute Gasteiger partial charge is 0.359 e. The summed E-state index contributed by atoms with van der Waals surface area (Å²) in [6.07, 6.45) is 2.14. The highest BCUT2D eigenvalue weighted by Crippen LogP contribution is 2.23. The minimum Gasteiger partial charge on any atom is -0.359 e. The number of aromatic nitrogens is 1. The van der Waals surface area contributed by atoms with Crippen molar-refractivity contribution in [3.63, 3.8) is 0 Å². The molecule has 0 aliphatic carbocycles. The molecule has 1 heterocycles. The van der Waals surface area contributed by atoms with Crippen molar-refractivity contribution in [1.29, 1.82) is 0 Å². The number of ether oxygens (including phenoxy) is 1. The predicted molar refractivity (Wildman–Crippen MR) is 66.2 cm³/mol. The molecule has 16 heavy (non-hydrogen) atoms. The van der Waals surface area contributed by atoms with E-state index in [1.165, 1.54) is 11.3 Å². The molecule has 2 aromatic rings. The summed E-state index contributed by atoms with van der Waals surface area (Å²) in [6, 6.07) is 14.5. The molecule has 1 aromatic heterocycles. The Labute approximate surface area is 96.5 Å². The molecule has 1 atom stereocenters. The third-order valence-electron chi connectivity index (χ3n) is 2.65. The summed E-state index contributed by atoms with van der Waals surface area (Å²) in [5.41, 5.74) is 2.42. The van der Waals surface area contributed by atoms with E-state index in [1.807, 2.05) is 13.0 Å². The van der Waals surface area contributed by atoms with E-state index in [0.717, 1.165) is 6.61 Å². The average Bonchev–Trinajstić information content (AvgIpc) is 2.79. The lowest BCUT2D eigenvalue weighted by molar-refractivity contribution is 0.0262. The van der Waals surface area contributed by atoms with Crippen LogP contribution in [-0.4, -0.2) is 11.2 Å². The van der Waals surface area contributed by atoms with E-state index < -0.39 is 0 Å². The maximum absolute atomic E-state index is 5.61. The smallest absolute Gasteiger partial charge is 0.131 e. The number of nitrogens with zero attached hydrogens (tertiary/aromatic N) is 1. The Bertz CT molecular complexity index is 433. The summed E-state index contributed by atoms with van der Waals surface area (Å²) < 4.78 is 7.76. The van der Waals surface area contributed by atoms with Crippen LogP contribution in [0.2, 0.25) is 0 Å². The van der Waals surface area contributed by atoms with Crippen molar-refractivity contribution >= 4 is 0 Å². The molecule has 0 fully saturated rings. The molecule has 2 rings (SSSR count). The molecule has 0 saturated carbocycles. The van der Waals surface area contributed by atoms with Gasteiger partial charge in [0.15, 0.2) is 0 Å². The van der Waals surface area contributed by atoms with Gasteiger partial charge in [0.25, 0.3) is 0 Å². The first-order chi connectivity index (χ1) is 7.83. The SMILES string of the molecule is CCO[C@@H](C)n1cccc1-c1ccccc1. The molecule has 0 aliphatic heterocycles. The van der Waals surface area contributed by atoms with E-state index in [2.05, 4.69) is 54.1 Å². The number of rotatable bonds is 4. The fourth-order valence-electron chi connectivity index (χ4n) is 1.89. The van der Waals surface area contributed by atoms with E-state index in [4.69, 9.17) is 4.74 Å². The maximum Gasteiger partial charge on any atom is 0.131 e. The third-order valence-corrected chi connectivity index (χ3v) is 2.65. The maximum atomic E-state index is 5.61. The van der Waals surface area contributed by atoms with Gasteiger partial charge in [-0.3, -0.25) is 0 Å². The summed E-state index contributed by atoms with van der Waals surface area (Å²) >= 11 is 0. The molecular weight excluding hydrogens is 198 g/mol. The molecule has 1 aromatic carbocycles. The first-order valence-electron chi connectivity index (χ1n) is 5.66. The highest BCUT2D eigenvalue weighted by molar-refractivity contribution is 5.59. The Morgan fingerprint density at radius 2 is 1.88 bits per heavy atom. The molecule has 0 unspecified atom stereocenters. The van der Waals surface area contributed by atoms with Crippen molar-refractivity contribution in [2.75, 3.05) is 6.61 Å². The highest BCUT2D eigenvalue weighted by atomic mass is 16.5. The van der Waals surface area contributed by atoms with Crippen LogP contribution in [-0.2, 0) is 4.74 Å².